The molecule has 1 aromatic heterocycles. The number of hydrogen-bond acceptors (Lipinski definition) is 9. The second-order valence-electron chi connectivity index (χ2n) is 9.09. The number of ether oxygens (including phenoxy) is 2. The minimum Gasteiger partial charge on any atom is -0.377 e. The van der Waals surface area contributed by atoms with E-state index in [1.165, 1.54) is 11.1 Å². The second-order valence-corrected chi connectivity index (χ2v) is 9.09. The van der Waals surface area contributed by atoms with Gasteiger partial charge in [-0.15, -0.1) is 0 Å². The van der Waals surface area contributed by atoms with Gasteiger partial charge < -0.3 is 30.3 Å². The monoisotopic (exact) mass is 519 g/mol. The van der Waals surface area contributed by atoms with Crippen molar-refractivity contribution in [3.05, 3.63) is 71.3 Å². The molecule has 0 spiro atoms. The van der Waals surface area contributed by atoms with E-state index in [1.54, 1.807) is 12.1 Å². The van der Waals surface area contributed by atoms with Gasteiger partial charge in [-0.2, -0.15) is 15.0 Å². The van der Waals surface area contributed by atoms with Gasteiger partial charge in [-0.1, -0.05) is 48.0 Å². The van der Waals surface area contributed by atoms with Crippen LogP contribution in [0.1, 0.15) is 34.3 Å². The predicted octanol–water partition coefficient (Wildman–Crippen LogP) is 3.27. The van der Waals surface area contributed by atoms with Gasteiger partial charge in [0.1, 0.15) is 0 Å². The van der Waals surface area contributed by atoms with Crippen LogP contribution in [0.15, 0.2) is 54.6 Å². The quantitative estimate of drug-likeness (QED) is 0.260. The zero-order chi connectivity index (χ0) is 26.4. The highest BCUT2D eigenvalue weighted by Gasteiger charge is 2.17. The summed E-state index contributed by atoms with van der Waals surface area (Å²) in [5, 5.41) is 9.42. The highest BCUT2D eigenvalue weighted by atomic mass is 16.5. The van der Waals surface area contributed by atoms with Gasteiger partial charge in [-0.05, 0) is 37.5 Å². The summed E-state index contributed by atoms with van der Waals surface area (Å²) in [4.78, 5) is 28.0. The fourth-order valence-corrected chi connectivity index (χ4v) is 3.95. The van der Waals surface area contributed by atoms with Crippen LogP contribution in [-0.2, 0) is 16.0 Å². The Kier molecular flexibility index (Phi) is 10.7. The Morgan fingerprint density at radius 3 is 2.18 bits per heavy atom. The molecule has 10 nitrogen and oxygen atoms in total. The first kappa shape index (κ1) is 27.3. The molecule has 0 aliphatic carbocycles. The molecule has 1 saturated heterocycles. The molecular formula is C28H37N7O3. The summed E-state index contributed by atoms with van der Waals surface area (Å²) in [6.45, 7) is 7.50. The smallest absolute Gasteiger partial charge is 0.251 e. The fourth-order valence-electron chi connectivity index (χ4n) is 3.95. The molecule has 4 rings (SSSR count). The Morgan fingerprint density at radius 1 is 0.816 bits per heavy atom. The number of carbonyl (C=O) groups is 1. The van der Waals surface area contributed by atoms with Crippen LogP contribution in [0, 0.1) is 6.92 Å². The summed E-state index contributed by atoms with van der Waals surface area (Å²) in [7, 11) is 0. The van der Waals surface area contributed by atoms with Crippen LogP contribution in [0.25, 0.3) is 0 Å². The molecule has 1 aliphatic rings. The molecule has 1 fully saturated rings. The topological polar surface area (TPSA) is 114 Å². The van der Waals surface area contributed by atoms with Crippen LogP contribution in [0.3, 0.4) is 0 Å². The van der Waals surface area contributed by atoms with Crippen molar-refractivity contribution in [1.29, 1.82) is 0 Å². The Morgan fingerprint density at radius 2 is 1.47 bits per heavy atom. The molecule has 38 heavy (non-hydrogen) atoms. The molecule has 3 N–H and O–H groups in total. The largest absolute Gasteiger partial charge is 0.377 e. The molecule has 3 aromatic rings. The molecule has 0 bridgehead atoms. The maximum Gasteiger partial charge on any atom is 0.251 e. The van der Waals surface area contributed by atoms with Crippen molar-refractivity contribution in [3.63, 3.8) is 0 Å². The van der Waals surface area contributed by atoms with Gasteiger partial charge in [0, 0.05) is 38.3 Å². The molecule has 202 valence electrons. The summed E-state index contributed by atoms with van der Waals surface area (Å²) < 4.78 is 11.2. The van der Waals surface area contributed by atoms with Gasteiger partial charge in [-0.3, -0.25) is 4.79 Å². The third-order valence-corrected chi connectivity index (χ3v) is 6.05. The molecule has 1 aliphatic heterocycles. The Labute approximate surface area is 224 Å². The number of amides is 1. The second kappa shape index (κ2) is 14.8. The van der Waals surface area contributed by atoms with E-state index in [2.05, 4.69) is 67.0 Å². The normalized spacial score (nSPS) is 12.9. The summed E-state index contributed by atoms with van der Waals surface area (Å²) in [5.74, 6) is 1.68. The average Bonchev–Trinajstić information content (AvgIpc) is 3.49. The summed E-state index contributed by atoms with van der Waals surface area (Å²) in [5.41, 5.74) is 3.04. The molecule has 10 heteroatoms. The van der Waals surface area contributed by atoms with Crippen molar-refractivity contribution in [2.45, 2.75) is 26.3 Å². The van der Waals surface area contributed by atoms with E-state index in [4.69, 9.17) is 9.47 Å². The Bertz CT molecular complexity index is 1120. The molecule has 0 radical (unpaired) electrons. The predicted molar refractivity (Wildman–Crippen MR) is 149 cm³/mol. The van der Waals surface area contributed by atoms with Gasteiger partial charge >= 0.3 is 0 Å². The Hall–Kier alpha value is -3.76. The van der Waals surface area contributed by atoms with Crippen LogP contribution in [0.2, 0.25) is 0 Å². The van der Waals surface area contributed by atoms with Crippen molar-refractivity contribution >= 4 is 23.8 Å². The summed E-state index contributed by atoms with van der Waals surface area (Å²) in [6.07, 6.45) is 2.30. The number of aromatic nitrogens is 3. The first-order chi connectivity index (χ1) is 18.7. The van der Waals surface area contributed by atoms with Crippen LogP contribution >= 0.6 is 0 Å². The van der Waals surface area contributed by atoms with E-state index < -0.39 is 0 Å². The van der Waals surface area contributed by atoms with Crippen molar-refractivity contribution in [3.8, 4) is 0 Å². The lowest BCUT2D eigenvalue weighted by atomic mass is 10.1. The molecule has 0 saturated carbocycles. The van der Waals surface area contributed by atoms with E-state index in [0.29, 0.717) is 69.5 Å². The van der Waals surface area contributed by atoms with Crippen molar-refractivity contribution in [2.75, 3.05) is 68.1 Å². The van der Waals surface area contributed by atoms with Crippen molar-refractivity contribution < 1.29 is 14.3 Å². The van der Waals surface area contributed by atoms with E-state index >= 15 is 0 Å². The summed E-state index contributed by atoms with van der Waals surface area (Å²) >= 11 is 0. The number of anilines is 3. The molecule has 1 amide bonds. The van der Waals surface area contributed by atoms with Gasteiger partial charge in [-0.25, -0.2) is 0 Å². The van der Waals surface area contributed by atoms with E-state index in [-0.39, 0.29) is 5.91 Å². The van der Waals surface area contributed by atoms with Crippen LogP contribution in [0.5, 0.6) is 0 Å². The zero-order valence-electron chi connectivity index (χ0n) is 22.0. The number of aryl methyl sites for hydroxylation is 1. The SMILES string of the molecule is Cc1ccc(CNc2nc(NCCOCCOCCNC(=O)c3ccccc3)nc(N3CCCC3)n2)cc1. The van der Waals surface area contributed by atoms with Crippen LogP contribution in [-0.4, -0.2) is 73.5 Å². The van der Waals surface area contributed by atoms with Crippen LogP contribution in [0.4, 0.5) is 17.8 Å². The van der Waals surface area contributed by atoms with Gasteiger partial charge in [0.2, 0.25) is 17.8 Å². The minimum absolute atomic E-state index is 0.101. The first-order valence-electron chi connectivity index (χ1n) is 13.2. The number of rotatable bonds is 15. The minimum atomic E-state index is -0.101. The number of carbonyl (C=O) groups excluding carboxylic acids is 1. The van der Waals surface area contributed by atoms with E-state index in [9.17, 15) is 4.79 Å². The first-order valence-corrected chi connectivity index (χ1v) is 13.2. The van der Waals surface area contributed by atoms with Gasteiger partial charge in [0.25, 0.3) is 5.91 Å². The third-order valence-electron chi connectivity index (χ3n) is 6.05. The highest BCUT2D eigenvalue weighted by molar-refractivity contribution is 5.94. The molecule has 2 aromatic carbocycles. The maximum absolute atomic E-state index is 12.0. The van der Waals surface area contributed by atoms with Crippen molar-refractivity contribution in [1.82, 2.24) is 20.3 Å². The lowest BCUT2D eigenvalue weighted by molar-refractivity contribution is 0.0519. The molecular weight excluding hydrogens is 482 g/mol. The molecule has 0 atom stereocenters. The van der Waals surface area contributed by atoms with Gasteiger partial charge in [0.05, 0.1) is 26.4 Å². The zero-order valence-corrected chi connectivity index (χ0v) is 22.0. The van der Waals surface area contributed by atoms with E-state index in [0.717, 1.165) is 25.9 Å². The number of nitrogens with zero attached hydrogens (tertiary/aromatic N) is 4. The average molecular weight is 520 g/mol. The highest BCUT2D eigenvalue weighted by Crippen LogP contribution is 2.19. The molecule has 0 unspecified atom stereocenters. The van der Waals surface area contributed by atoms with Gasteiger partial charge in [0.15, 0.2) is 0 Å². The fraction of sp³-hybridized carbons (Fsp3) is 0.429. The number of hydrogen-bond donors (Lipinski definition) is 3. The lowest BCUT2D eigenvalue weighted by Gasteiger charge is -2.17. The van der Waals surface area contributed by atoms with E-state index in [1.807, 2.05) is 18.2 Å². The Balaban J connectivity index is 1.14. The molecule has 2 heterocycles. The maximum atomic E-state index is 12.0. The number of nitrogens with one attached hydrogen (secondary N) is 3. The van der Waals surface area contributed by atoms with Crippen molar-refractivity contribution in [2.24, 2.45) is 0 Å². The number of benzene rings is 2. The third kappa shape index (κ3) is 8.97. The summed E-state index contributed by atoms with van der Waals surface area (Å²) in [6, 6.07) is 17.5. The van der Waals surface area contributed by atoms with Crippen LogP contribution < -0.4 is 20.9 Å². The standard InChI is InChI=1S/C28H37N7O3/c1-22-9-11-23(12-10-22)21-31-27-32-26(33-28(34-27)35-15-5-6-16-35)30-14-18-38-20-19-37-17-13-29-25(36)24-7-3-2-4-8-24/h2-4,7-12H,5-6,13-21H2,1H3,(H,29,36)(H2,30,31,32,33,34). The lowest BCUT2D eigenvalue weighted by Crippen LogP contribution is -2.27.